The SMILES string of the molecule is OCc1ccc(Cl)cc1Nc1ccnc2ccc(Br)cc12. The molecule has 0 atom stereocenters. The number of nitrogens with zero attached hydrogens (tertiary/aromatic N) is 1. The topological polar surface area (TPSA) is 45.1 Å². The van der Waals surface area contributed by atoms with Crippen LogP contribution in [0, 0.1) is 0 Å². The van der Waals surface area contributed by atoms with Gasteiger partial charge in [-0.2, -0.15) is 0 Å². The van der Waals surface area contributed by atoms with Gasteiger partial charge in [-0.1, -0.05) is 33.6 Å². The van der Waals surface area contributed by atoms with Gasteiger partial charge in [0.15, 0.2) is 0 Å². The Bertz CT molecular complexity index is 807. The zero-order valence-electron chi connectivity index (χ0n) is 11.0. The second-order valence-electron chi connectivity index (χ2n) is 4.60. The maximum atomic E-state index is 9.44. The van der Waals surface area contributed by atoms with Crippen molar-refractivity contribution in [3.8, 4) is 0 Å². The zero-order valence-corrected chi connectivity index (χ0v) is 13.3. The monoisotopic (exact) mass is 362 g/mol. The van der Waals surface area contributed by atoms with Crippen LogP contribution in [-0.2, 0) is 6.61 Å². The molecule has 0 spiro atoms. The number of aliphatic hydroxyl groups excluding tert-OH is 1. The number of hydrogen-bond acceptors (Lipinski definition) is 3. The summed E-state index contributed by atoms with van der Waals surface area (Å²) in [6, 6.07) is 13.2. The summed E-state index contributed by atoms with van der Waals surface area (Å²) in [7, 11) is 0. The third-order valence-electron chi connectivity index (χ3n) is 3.22. The summed E-state index contributed by atoms with van der Waals surface area (Å²) in [6.07, 6.45) is 1.75. The number of aromatic nitrogens is 1. The second kappa shape index (κ2) is 6.02. The van der Waals surface area contributed by atoms with Gasteiger partial charge in [-0.05, 0) is 36.4 Å². The van der Waals surface area contributed by atoms with E-state index in [9.17, 15) is 5.11 Å². The highest BCUT2D eigenvalue weighted by Crippen LogP contribution is 2.30. The van der Waals surface area contributed by atoms with Crippen molar-refractivity contribution in [2.75, 3.05) is 5.32 Å². The maximum Gasteiger partial charge on any atom is 0.0723 e. The van der Waals surface area contributed by atoms with Crippen LogP contribution >= 0.6 is 27.5 Å². The Balaban J connectivity index is 2.10. The minimum absolute atomic E-state index is 0.0494. The normalized spacial score (nSPS) is 10.8. The van der Waals surface area contributed by atoms with Crippen LogP contribution < -0.4 is 5.32 Å². The summed E-state index contributed by atoms with van der Waals surface area (Å²) in [5.74, 6) is 0. The molecule has 2 N–H and O–H groups in total. The predicted octanol–water partition coefficient (Wildman–Crippen LogP) is 4.89. The Kier molecular flexibility index (Phi) is 4.10. The van der Waals surface area contributed by atoms with E-state index in [1.807, 2.05) is 30.3 Å². The maximum absolute atomic E-state index is 9.44. The third-order valence-corrected chi connectivity index (χ3v) is 3.94. The largest absolute Gasteiger partial charge is 0.392 e. The summed E-state index contributed by atoms with van der Waals surface area (Å²) in [6.45, 7) is -0.0494. The van der Waals surface area contributed by atoms with Crippen LogP contribution in [0.5, 0.6) is 0 Å². The number of anilines is 2. The molecule has 3 aromatic rings. The van der Waals surface area contributed by atoms with Gasteiger partial charge in [0, 0.05) is 38.0 Å². The Labute approximate surface area is 135 Å². The van der Waals surface area contributed by atoms with Crippen LogP contribution in [0.4, 0.5) is 11.4 Å². The van der Waals surface area contributed by atoms with E-state index in [4.69, 9.17) is 11.6 Å². The number of rotatable bonds is 3. The summed E-state index contributed by atoms with van der Waals surface area (Å²) < 4.78 is 0.986. The number of aliphatic hydroxyl groups is 1. The molecule has 0 bridgehead atoms. The van der Waals surface area contributed by atoms with E-state index in [-0.39, 0.29) is 6.61 Å². The van der Waals surface area contributed by atoms with Gasteiger partial charge in [0.25, 0.3) is 0 Å². The zero-order chi connectivity index (χ0) is 14.8. The third kappa shape index (κ3) is 3.02. The van der Waals surface area contributed by atoms with E-state index in [0.717, 1.165) is 32.3 Å². The van der Waals surface area contributed by atoms with E-state index in [0.29, 0.717) is 5.02 Å². The molecule has 0 unspecified atom stereocenters. The highest BCUT2D eigenvalue weighted by atomic mass is 79.9. The van der Waals surface area contributed by atoms with E-state index in [1.54, 1.807) is 18.3 Å². The molecule has 2 aromatic carbocycles. The van der Waals surface area contributed by atoms with Gasteiger partial charge in [0.05, 0.1) is 12.1 Å². The van der Waals surface area contributed by atoms with Crippen molar-refractivity contribution in [1.29, 1.82) is 0 Å². The standard InChI is InChI=1S/C16H12BrClN2O/c17-11-2-4-14-13(7-11)15(5-6-19-14)20-16-8-12(18)3-1-10(16)9-21/h1-8,21H,9H2,(H,19,20). The highest BCUT2D eigenvalue weighted by molar-refractivity contribution is 9.10. The molecule has 0 radical (unpaired) electrons. The summed E-state index contributed by atoms with van der Waals surface area (Å²) in [4.78, 5) is 4.35. The lowest BCUT2D eigenvalue weighted by atomic mass is 10.1. The fourth-order valence-electron chi connectivity index (χ4n) is 2.18. The van der Waals surface area contributed by atoms with Crippen molar-refractivity contribution in [3.05, 3.63) is 63.7 Å². The van der Waals surface area contributed by atoms with E-state index < -0.39 is 0 Å². The molecule has 1 aromatic heterocycles. The van der Waals surface area contributed by atoms with Crippen molar-refractivity contribution < 1.29 is 5.11 Å². The number of nitrogens with one attached hydrogen (secondary N) is 1. The van der Waals surface area contributed by atoms with Crippen LogP contribution in [0.25, 0.3) is 10.9 Å². The van der Waals surface area contributed by atoms with Crippen LogP contribution in [0.1, 0.15) is 5.56 Å². The molecule has 0 fully saturated rings. The number of fused-ring (bicyclic) bond motifs is 1. The van der Waals surface area contributed by atoms with Crippen molar-refractivity contribution >= 4 is 49.8 Å². The summed E-state index contributed by atoms with van der Waals surface area (Å²) in [5.41, 5.74) is 3.39. The van der Waals surface area contributed by atoms with Gasteiger partial charge in [-0.15, -0.1) is 0 Å². The minimum atomic E-state index is -0.0494. The smallest absolute Gasteiger partial charge is 0.0723 e. The molecule has 0 saturated carbocycles. The number of benzene rings is 2. The Morgan fingerprint density at radius 1 is 1.10 bits per heavy atom. The minimum Gasteiger partial charge on any atom is -0.392 e. The average molecular weight is 364 g/mol. The van der Waals surface area contributed by atoms with Gasteiger partial charge in [-0.25, -0.2) is 0 Å². The fourth-order valence-corrected chi connectivity index (χ4v) is 2.71. The van der Waals surface area contributed by atoms with Gasteiger partial charge >= 0.3 is 0 Å². The lowest BCUT2D eigenvalue weighted by molar-refractivity contribution is 0.282. The summed E-state index contributed by atoms with van der Waals surface area (Å²) in [5, 5.41) is 14.4. The number of hydrogen-bond donors (Lipinski definition) is 2. The molecular formula is C16H12BrClN2O. The molecule has 106 valence electrons. The van der Waals surface area contributed by atoms with Crippen LogP contribution in [-0.4, -0.2) is 10.1 Å². The lowest BCUT2D eigenvalue weighted by Crippen LogP contribution is -1.97. The quantitative estimate of drug-likeness (QED) is 0.696. The first-order chi connectivity index (χ1) is 10.2. The molecule has 3 rings (SSSR count). The van der Waals surface area contributed by atoms with Gasteiger partial charge < -0.3 is 10.4 Å². The fraction of sp³-hybridized carbons (Fsp3) is 0.0625. The van der Waals surface area contributed by atoms with Crippen LogP contribution in [0.2, 0.25) is 5.02 Å². The molecule has 0 aliphatic carbocycles. The van der Waals surface area contributed by atoms with Crippen LogP contribution in [0.15, 0.2) is 53.1 Å². The van der Waals surface area contributed by atoms with Gasteiger partial charge in [0.2, 0.25) is 0 Å². The van der Waals surface area contributed by atoms with Crippen molar-refractivity contribution in [2.24, 2.45) is 0 Å². The van der Waals surface area contributed by atoms with E-state index in [1.165, 1.54) is 0 Å². The van der Waals surface area contributed by atoms with Gasteiger partial charge in [0.1, 0.15) is 0 Å². The molecule has 0 aliphatic heterocycles. The molecule has 21 heavy (non-hydrogen) atoms. The molecule has 0 aliphatic rings. The Hall–Kier alpha value is -1.62. The summed E-state index contributed by atoms with van der Waals surface area (Å²) >= 11 is 9.52. The first kappa shape index (κ1) is 14.3. The number of pyridine rings is 1. The molecule has 0 saturated heterocycles. The lowest BCUT2D eigenvalue weighted by Gasteiger charge is -2.13. The van der Waals surface area contributed by atoms with E-state index >= 15 is 0 Å². The molecule has 5 heteroatoms. The Morgan fingerprint density at radius 3 is 2.76 bits per heavy atom. The van der Waals surface area contributed by atoms with Crippen molar-refractivity contribution in [1.82, 2.24) is 4.98 Å². The number of halogens is 2. The van der Waals surface area contributed by atoms with E-state index in [2.05, 4.69) is 26.2 Å². The molecular weight excluding hydrogens is 352 g/mol. The first-order valence-electron chi connectivity index (χ1n) is 6.38. The average Bonchev–Trinajstić information content (AvgIpc) is 2.48. The van der Waals surface area contributed by atoms with Crippen molar-refractivity contribution in [2.45, 2.75) is 6.61 Å². The Morgan fingerprint density at radius 2 is 1.95 bits per heavy atom. The van der Waals surface area contributed by atoms with Crippen molar-refractivity contribution in [3.63, 3.8) is 0 Å². The first-order valence-corrected chi connectivity index (χ1v) is 7.55. The van der Waals surface area contributed by atoms with Crippen LogP contribution in [0.3, 0.4) is 0 Å². The molecule has 3 nitrogen and oxygen atoms in total. The highest BCUT2D eigenvalue weighted by Gasteiger charge is 2.07. The molecule has 0 amide bonds. The predicted molar refractivity (Wildman–Crippen MR) is 90.1 cm³/mol. The molecule has 1 heterocycles. The van der Waals surface area contributed by atoms with Gasteiger partial charge in [-0.3, -0.25) is 4.98 Å². The second-order valence-corrected chi connectivity index (χ2v) is 5.96.